The lowest BCUT2D eigenvalue weighted by atomic mass is 10.1. The van der Waals surface area contributed by atoms with E-state index in [0.29, 0.717) is 19.6 Å². The highest BCUT2D eigenvalue weighted by Crippen LogP contribution is 2.25. The van der Waals surface area contributed by atoms with Gasteiger partial charge >= 0.3 is 6.09 Å². The monoisotopic (exact) mass is 392 g/mol. The summed E-state index contributed by atoms with van der Waals surface area (Å²) in [5.74, 6) is 0.934. The molecule has 1 N–H and O–H groups in total. The minimum atomic E-state index is -0.365. The Morgan fingerprint density at radius 1 is 1.28 bits per heavy atom. The summed E-state index contributed by atoms with van der Waals surface area (Å²) in [5, 5.41) is 3.33. The molecule has 1 amide bonds. The molecule has 1 atom stereocenters. The van der Waals surface area contributed by atoms with Crippen LogP contribution in [0.15, 0.2) is 36.7 Å². The minimum absolute atomic E-state index is 0.225. The van der Waals surface area contributed by atoms with Crippen LogP contribution >= 0.6 is 0 Å². The Morgan fingerprint density at radius 2 is 2.14 bits per heavy atom. The fourth-order valence-electron chi connectivity index (χ4n) is 3.89. The van der Waals surface area contributed by atoms with Gasteiger partial charge in [-0.3, -0.25) is 4.90 Å². The number of amides is 1. The van der Waals surface area contributed by atoms with Gasteiger partial charge in [-0.15, -0.1) is 0 Å². The van der Waals surface area contributed by atoms with Gasteiger partial charge in [-0.1, -0.05) is 30.3 Å². The molecule has 0 aliphatic carbocycles. The van der Waals surface area contributed by atoms with Crippen molar-refractivity contribution in [1.29, 1.82) is 0 Å². The molecule has 0 spiro atoms. The van der Waals surface area contributed by atoms with Crippen molar-refractivity contribution in [3.05, 3.63) is 64.9 Å². The molecule has 150 valence electrons. The first kappa shape index (κ1) is 19.2. The number of hydrogen-bond donors (Lipinski definition) is 1. The van der Waals surface area contributed by atoms with Crippen molar-refractivity contribution >= 4 is 11.9 Å². The highest BCUT2D eigenvalue weighted by molar-refractivity contribution is 5.69. The number of piperazine rings is 1. The Kier molecular flexibility index (Phi) is 5.86. The third-order valence-electron chi connectivity index (χ3n) is 5.38. The minimum Gasteiger partial charge on any atom is -0.445 e. The summed E-state index contributed by atoms with van der Waals surface area (Å²) in [4.78, 5) is 29.0. The van der Waals surface area contributed by atoms with E-state index >= 15 is 0 Å². The Labute approximate surface area is 170 Å². The van der Waals surface area contributed by atoms with Gasteiger partial charge in [0.15, 0.2) is 0 Å². The SMILES string of the molecule is [C-]#[N+]C[C@H]1CN(c2ncnc3c2CCNC3)CCN1C(=O)OCc1ccccc1. The second-order valence-electron chi connectivity index (χ2n) is 7.22. The van der Waals surface area contributed by atoms with Crippen LogP contribution in [0.2, 0.25) is 0 Å². The van der Waals surface area contributed by atoms with Crippen LogP contribution in [-0.2, 0) is 24.3 Å². The first-order chi connectivity index (χ1) is 14.3. The van der Waals surface area contributed by atoms with Gasteiger partial charge in [0.2, 0.25) is 6.54 Å². The first-order valence-corrected chi connectivity index (χ1v) is 9.85. The van der Waals surface area contributed by atoms with Gasteiger partial charge in [-0.25, -0.2) is 21.3 Å². The maximum absolute atomic E-state index is 12.7. The number of nitrogens with one attached hydrogen (secondary N) is 1. The summed E-state index contributed by atoms with van der Waals surface area (Å²) in [6.07, 6.45) is 2.13. The van der Waals surface area contributed by atoms with Crippen LogP contribution in [0.25, 0.3) is 4.85 Å². The van der Waals surface area contributed by atoms with E-state index in [9.17, 15) is 4.79 Å². The van der Waals surface area contributed by atoms with Crippen molar-refractivity contribution in [2.45, 2.75) is 25.6 Å². The summed E-state index contributed by atoms with van der Waals surface area (Å²) in [6, 6.07) is 9.39. The highest BCUT2D eigenvalue weighted by atomic mass is 16.6. The Balaban J connectivity index is 1.45. The zero-order valence-electron chi connectivity index (χ0n) is 16.3. The number of hydrogen-bond acceptors (Lipinski definition) is 6. The number of anilines is 1. The van der Waals surface area contributed by atoms with Gasteiger partial charge in [0.05, 0.1) is 5.69 Å². The van der Waals surface area contributed by atoms with Crippen LogP contribution in [0.5, 0.6) is 0 Å². The molecule has 4 rings (SSSR count). The summed E-state index contributed by atoms with van der Waals surface area (Å²) in [7, 11) is 0. The molecule has 2 aliphatic rings. The molecule has 0 saturated carbocycles. The van der Waals surface area contributed by atoms with E-state index in [1.807, 2.05) is 30.3 Å². The molecule has 0 radical (unpaired) electrons. The molecule has 8 nitrogen and oxygen atoms in total. The fraction of sp³-hybridized carbons (Fsp3) is 0.429. The number of benzene rings is 1. The van der Waals surface area contributed by atoms with E-state index in [4.69, 9.17) is 11.3 Å². The van der Waals surface area contributed by atoms with Gasteiger partial charge < -0.3 is 19.8 Å². The second-order valence-corrected chi connectivity index (χ2v) is 7.22. The van der Waals surface area contributed by atoms with E-state index in [-0.39, 0.29) is 25.3 Å². The van der Waals surface area contributed by atoms with Crippen LogP contribution in [-0.4, -0.2) is 59.7 Å². The molecule has 8 heteroatoms. The van der Waals surface area contributed by atoms with E-state index in [1.54, 1.807) is 11.2 Å². The van der Waals surface area contributed by atoms with E-state index in [1.165, 1.54) is 5.56 Å². The molecule has 0 unspecified atom stereocenters. The molecule has 2 aliphatic heterocycles. The molecule has 0 bridgehead atoms. The van der Waals surface area contributed by atoms with Crippen LogP contribution in [0.4, 0.5) is 10.6 Å². The van der Waals surface area contributed by atoms with Crippen molar-refractivity contribution in [2.75, 3.05) is 37.6 Å². The zero-order chi connectivity index (χ0) is 20.1. The van der Waals surface area contributed by atoms with Crippen molar-refractivity contribution in [1.82, 2.24) is 20.2 Å². The maximum Gasteiger partial charge on any atom is 0.410 e. The van der Waals surface area contributed by atoms with Crippen LogP contribution in [0.1, 0.15) is 16.8 Å². The van der Waals surface area contributed by atoms with Crippen molar-refractivity contribution < 1.29 is 9.53 Å². The summed E-state index contributed by atoms with van der Waals surface area (Å²) in [6.45, 7) is 11.2. The smallest absolute Gasteiger partial charge is 0.410 e. The number of carbonyl (C=O) groups excluding carboxylic acids is 1. The fourth-order valence-corrected chi connectivity index (χ4v) is 3.89. The summed E-state index contributed by atoms with van der Waals surface area (Å²) in [5.41, 5.74) is 3.16. The van der Waals surface area contributed by atoms with Gasteiger partial charge in [0.25, 0.3) is 0 Å². The third-order valence-corrected chi connectivity index (χ3v) is 5.38. The Morgan fingerprint density at radius 3 is 2.97 bits per heavy atom. The standard InChI is InChI=1S/C21H24N6O2/c1-22-11-17-13-26(20-18-7-8-23-12-19(18)24-15-25-20)9-10-27(17)21(28)29-14-16-5-3-2-4-6-16/h2-6,15,17,23H,7-14H2/t17-/m0/s1. The molecule has 1 fully saturated rings. The number of ether oxygens (including phenoxy) is 1. The average molecular weight is 392 g/mol. The normalized spacial score (nSPS) is 18.7. The molecular formula is C21H24N6O2. The number of nitrogens with zero attached hydrogens (tertiary/aromatic N) is 5. The van der Waals surface area contributed by atoms with E-state index in [0.717, 1.165) is 36.6 Å². The third kappa shape index (κ3) is 4.30. The number of rotatable bonds is 4. The van der Waals surface area contributed by atoms with Crippen molar-refractivity contribution in [3.8, 4) is 0 Å². The van der Waals surface area contributed by atoms with Crippen molar-refractivity contribution in [2.24, 2.45) is 0 Å². The average Bonchev–Trinajstić information content (AvgIpc) is 2.78. The predicted octanol–water partition coefficient (Wildman–Crippen LogP) is 1.87. The van der Waals surface area contributed by atoms with Gasteiger partial charge in [0.1, 0.15) is 24.8 Å². The summed E-state index contributed by atoms with van der Waals surface area (Å²) >= 11 is 0. The predicted molar refractivity (Wildman–Crippen MR) is 108 cm³/mol. The van der Waals surface area contributed by atoms with Crippen LogP contribution in [0, 0.1) is 6.57 Å². The van der Waals surface area contributed by atoms with Crippen LogP contribution in [0.3, 0.4) is 0 Å². The lowest BCUT2D eigenvalue weighted by Gasteiger charge is -2.40. The lowest BCUT2D eigenvalue weighted by molar-refractivity contribution is 0.0788. The largest absolute Gasteiger partial charge is 0.445 e. The molecule has 1 aromatic heterocycles. The Hall–Kier alpha value is -3.18. The number of fused-ring (bicyclic) bond motifs is 1. The lowest BCUT2D eigenvalue weighted by Crippen LogP contribution is -2.57. The van der Waals surface area contributed by atoms with Crippen LogP contribution < -0.4 is 10.2 Å². The summed E-state index contributed by atoms with van der Waals surface area (Å²) < 4.78 is 5.51. The molecule has 2 aromatic rings. The molecule has 1 aromatic carbocycles. The molecular weight excluding hydrogens is 368 g/mol. The quantitative estimate of drug-likeness (QED) is 0.801. The van der Waals surface area contributed by atoms with E-state index in [2.05, 4.69) is 25.0 Å². The molecule has 1 saturated heterocycles. The van der Waals surface area contributed by atoms with Gasteiger partial charge in [0, 0.05) is 31.7 Å². The Bertz CT molecular complexity index is 898. The first-order valence-electron chi connectivity index (χ1n) is 9.85. The highest BCUT2D eigenvalue weighted by Gasteiger charge is 2.35. The van der Waals surface area contributed by atoms with Gasteiger partial charge in [-0.05, 0) is 18.5 Å². The zero-order valence-corrected chi connectivity index (χ0v) is 16.3. The molecule has 3 heterocycles. The topological polar surface area (TPSA) is 75.0 Å². The van der Waals surface area contributed by atoms with Crippen molar-refractivity contribution in [3.63, 3.8) is 0 Å². The number of carbonyl (C=O) groups is 1. The van der Waals surface area contributed by atoms with E-state index < -0.39 is 0 Å². The maximum atomic E-state index is 12.7. The second kappa shape index (κ2) is 8.88. The molecule has 29 heavy (non-hydrogen) atoms. The van der Waals surface area contributed by atoms with Gasteiger partial charge in [-0.2, -0.15) is 0 Å². The number of aromatic nitrogens is 2.